The first-order valence-electron chi connectivity index (χ1n) is 9.48. The molecule has 1 saturated heterocycles. The molecule has 0 atom stereocenters. The molecule has 0 bridgehead atoms. The summed E-state index contributed by atoms with van der Waals surface area (Å²) >= 11 is 0. The second-order valence-corrected chi connectivity index (χ2v) is 7.48. The number of nitrogens with one attached hydrogen (secondary N) is 1. The second kappa shape index (κ2) is 8.28. The smallest absolute Gasteiger partial charge is 0.314 e. The SMILES string of the molecule is C=C(N1CCC(F)(F)CC1)C(F)(F)c1cc(C(=O)Nc2ccc(F)c(C)c2)ccc1F. The Morgan fingerprint density at radius 3 is 2.29 bits per heavy atom. The predicted octanol–water partition coefficient (Wildman–Crippen LogP) is 5.86. The van der Waals surface area contributed by atoms with Gasteiger partial charge in [-0.2, -0.15) is 8.78 Å². The lowest BCUT2D eigenvalue weighted by molar-refractivity contribution is -0.0657. The molecular formula is C22H20F6N2O. The molecular weight excluding hydrogens is 422 g/mol. The molecule has 1 amide bonds. The second-order valence-electron chi connectivity index (χ2n) is 7.48. The van der Waals surface area contributed by atoms with E-state index >= 15 is 8.78 Å². The molecule has 0 spiro atoms. The molecule has 3 nitrogen and oxygen atoms in total. The van der Waals surface area contributed by atoms with Crippen LogP contribution in [0.25, 0.3) is 0 Å². The summed E-state index contributed by atoms with van der Waals surface area (Å²) in [5.74, 6) is -9.39. The van der Waals surface area contributed by atoms with Crippen molar-refractivity contribution >= 4 is 11.6 Å². The van der Waals surface area contributed by atoms with Crippen molar-refractivity contribution in [3.63, 3.8) is 0 Å². The fourth-order valence-electron chi connectivity index (χ4n) is 3.29. The third kappa shape index (κ3) is 4.86. The van der Waals surface area contributed by atoms with Crippen molar-refractivity contribution in [1.29, 1.82) is 0 Å². The minimum atomic E-state index is -3.92. The molecule has 0 aromatic heterocycles. The van der Waals surface area contributed by atoms with Crippen molar-refractivity contribution in [2.45, 2.75) is 31.6 Å². The number of aryl methyl sites for hydroxylation is 1. The highest BCUT2D eigenvalue weighted by Crippen LogP contribution is 2.41. The van der Waals surface area contributed by atoms with Crippen LogP contribution in [0.3, 0.4) is 0 Å². The number of likely N-dealkylation sites (tertiary alicyclic amines) is 1. The van der Waals surface area contributed by atoms with Gasteiger partial charge in [0.25, 0.3) is 11.8 Å². The first-order chi connectivity index (χ1) is 14.4. The van der Waals surface area contributed by atoms with Crippen molar-refractivity contribution < 1.29 is 31.1 Å². The van der Waals surface area contributed by atoms with E-state index < -0.39 is 53.5 Å². The van der Waals surface area contributed by atoms with Gasteiger partial charge in [-0.15, -0.1) is 0 Å². The minimum absolute atomic E-state index is 0.236. The fourth-order valence-corrected chi connectivity index (χ4v) is 3.29. The number of alkyl halides is 4. The largest absolute Gasteiger partial charge is 0.370 e. The van der Waals surface area contributed by atoms with Crippen LogP contribution < -0.4 is 5.32 Å². The number of nitrogens with zero attached hydrogens (tertiary/aromatic N) is 1. The Kier molecular flexibility index (Phi) is 6.07. The molecule has 2 aromatic carbocycles. The first-order valence-corrected chi connectivity index (χ1v) is 9.48. The Hall–Kier alpha value is -2.97. The third-order valence-corrected chi connectivity index (χ3v) is 5.22. The number of rotatable bonds is 5. The Labute approximate surface area is 175 Å². The van der Waals surface area contributed by atoms with Crippen LogP contribution in [0, 0.1) is 18.6 Å². The van der Waals surface area contributed by atoms with Gasteiger partial charge in [-0.05, 0) is 48.9 Å². The van der Waals surface area contributed by atoms with Crippen LogP contribution >= 0.6 is 0 Å². The lowest BCUT2D eigenvalue weighted by atomic mass is 9.99. The van der Waals surface area contributed by atoms with E-state index in [1.807, 2.05) is 0 Å². The molecule has 1 aliphatic rings. The van der Waals surface area contributed by atoms with Crippen LogP contribution in [0.4, 0.5) is 32.0 Å². The number of carbonyl (C=O) groups is 1. The number of anilines is 1. The third-order valence-electron chi connectivity index (χ3n) is 5.22. The Morgan fingerprint density at radius 2 is 1.68 bits per heavy atom. The van der Waals surface area contributed by atoms with Crippen molar-refractivity contribution in [2.24, 2.45) is 0 Å². The van der Waals surface area contributed by atoms with Gasteiger partial charge in [-0.25, -0.2) is 17.6 Å². The van der Waals surface area contributed by atoms with Crippen LogP contribution in [-0.2, 0) is 5.92 Å². The van der Waals surface area contributed by atoms with Gasteiger partial charge < -0.3 is 10.2 Å². The molecule has 3 rings (SSSR count). The van der Waals surface area contributed by atoms with E-state index in [1.165, 1.54) is 19.1 Å². The fraction of sp³-hybridized carbons (Fsp3) is 0.318. The van der Waals surface area contributed by atoms with E-state index in [9.17, 15) is 22.4 Å². The number of piperidine rings is 1. The summed E-state index contributed by atoms with van der Waals surface area (Å²) in [5.41, 5.74) is -1.64. The summed E-state index contributed by atoms with van der Waals surface area (Å²) in [7, 11) is 0. The number of allylic oxidation sites excluding steroid dienone is 1. The van der Waals surface area contributed by atoms with Crippen LogP contribution in [0.5, 0.6) is 0 Å². The average Bonchev–Trinajstić information content (AvgIpc) is 2.70. The highest BCUT2D eigenvalue weighted by atomic mass is 19.3. The molecule has 0 radical (unpaired) electrons. The Morgan fingerprint density at radius 1 is 1.06 bits per heavy atom. The quantitative estimate of drug-likeness (QED) is 0.588. The number of halogens is 6. The van der Waals surface area contributed by atoms with Crippen LogP contribution in [0.2, 0.25) is 0 Å². The maximum absolute atomic E-state index is 15.0. The molecule has 1 aliphatic heterocycles. The maximum Gasteiger partial charge on any atom is 0.314 e. The van der Waals surface area contributed by atoms with Gasteiger partial charge in [0.1, 0.15) is 11.6 Å². The van der Waals surface area contributed by atoms with Gasteiger partial charge in [-0.1, -0.05) is 6.58 Å². The number of amides is 1. The molecule has 1 fully saturated rings. The summed E-state index contributed by atoms with van der Waals surface area (Å²) in [6.07, 6.45) is -1.21. The molecule has 166 valence electrons. The monoisotopic (exact) mass is 442 g/mol. The highest BCUT2D eigenvalue weighted by Gasteiger charge is 2.44. The minimum Gasteiger partial charge on any atom is -0.370 e. The van der Waals surface area contributed by atoms with Gasteiger partial charge >= 0.3 is 5.92 Å². The van der Waals surface area contributed by atoms with Crippen LogP contribution in [0.1, 0.15) is 34.3 Å². The Balaban J connectivity index is 1.83. The summed E-state index contributed by atoms with van der Waals surface area (Å²) < 4.78 is 84.3. The van der Waals surface area contributed by atoms with E-state index in [0.29, 0.717) is 6.07 Å². The van der Waals surface area contributed by atoms with E-state index in [0.717, 1.165) is 23.1 Å². The maximum atomic E-state index is 15.0. The van der Waals surface area contributed by atoms with E-state index in [4.69, 9.17) is 0 Å². The first kappa shape index (κ1) is 22.7. The van der Waals surface area contributed by atoms with Gasteiger partial charge in [0.2, 0.25) is 0 Å². The zero-order valence-electron chi connectivity index (χ0n) is 16.6. The van der Waals surface area contributed by atoms with Crippen molar-refractivity contribution in [3.8, 4) is 0 Å². The zero-order chi connectivity index (χ0) is 23.0. The predicted molar refractivity (Wildman–Crippen MR) is 104 cm³/mol. The van der Waals surface area contributed by atoms with Gasteiger partial charge in [0.15, 0.2) is 0 Å². The number of hydrogen-bond acceptors (Lipinski definition) is 2. The summed E-state index contributed by atoms with van der Waals surface area (Å²) in [5, 5.41) is 2.44. The van der Waals surface area contributed by atoms with Crippen molar-refractivity contribution in [3.05, 3.63) is 77.0 Å². The van der Waals surface area contributed by atoms with Crippen LogP contribution in [-0.4, -0.2) is 29.8 Å². The molecule has 0 aliphatic carbocycles. The summed E-state index contributed by atoms with van der Waals surface area (Å²) in [6.45, 7) is 4.11. The standard InChI is InChI=1S/C22H20F6N2O/c1-13-11-16(4-6-18(13)23)29-20(31)15-3-5-19(24)17(12-15)22(27,28)14(2)30-9-7-21(25,26)8-10-30/h3-6,11-12H,2,7-10H2,1H3,(H,29,31). The number of hydrogen-bond donors (Lipinski definition) is 1. The van der Waals surface area contributed by atoms with E-state index in [1.54, 1.807) is 0 Å². The van der Waals surface area contributed by atoms with E-state index in [2.05, 4.69) is 11.9 Å². The van der Waals surface area contributed by atoms with E-state index in [-0.39, 0.29) is 29.9 Å². The summed E-state index contributed by atoms with van der Waals surface area (Å²) in [4.78, 5) is 13.5. The molecule has 0 saturated carbocycles. The molecule has 1 heterocycles. The molecule has 31 heavy (non-hydrogen) atoms. The Bertz CT molecular complexity index is 1010. The van der Waals surface area contributed by atoms with Crippen LogP contribution in [0.15, 0.2) is 48.7 Å². The van der Waals surface area contributed by atoms with Crippen molar-refractivity contribution in [2.75, 3.05) is 18.4 Å². The highest BCUT2D eigenvalue weighted by molar-refractivity contribution is 6.04. The number of benzene rings is 2. The molecule has 9 heteroatoms. The lowest BCUT2D eigenvalue weighted by Gasteiger charge is -2.37. The van der Waals surface area contributed by atoms with Gasteiger partial charge in [0.05, 0.1) is 11.3 Å². The van der Waals surface area contributed by atoms with Gasteiger partial charge in [0, 0.05) is 37.2 Å². The molecule has 0 unspecified atom stereocenters. The zero-order valence-corrected chi connectivity index (χ0v) is 16.6. The van der Waals surface area contributed by atoms with Crippen molar-refractivity contribution in [1.82, 2.24) is 4.90 Å². The topological polar surface area (TPSA) is 32.3 Å². The molecule has 1 N–H and O–H groups in total. The normalized spacial score (nSPS) is 16.2. The lowest BCUT2D eigenvalue weighted by Crippen LogP contribution is -2.42. The summed E-state index contributed by atoms with van der Waals surface area (Å²) in [6, 6.07) is 6.26. The molecule has 2 aromatic rings. The van der Waals surface area contributed by atoms with Gasteiger partial charge in [-0.3, -0.25) is 4.79 Å². The average molecular weight is 442 g/mol. The number of carbonyl (C=O) groups excluding carboxylic acids is 1.